The standard InChI is InChI=1S/C28H27N3O2S/c1-18-13-14-21(15-19(18)2)31-24(32)17-34-28-25(22-11-7-8-12-23(22)30(28)3)26(31)27(33)29-16-20-9-5-4-6-10-20/h4-15,26H,16-17H2,1-3H3,(H,29,33)/t26-/m0/s1. The number of amides is 2. The van der Waals surface area contributed by atoms with Crippen molar-refractivity contribution >= 4 is 40.2 Å². The second-order valence-electron chi connectivity index (χ2n) is 8.72. The van der Waals surface area contributed by atoms with Crippen LogP contribution in [-0.2, 0) is 23.2 Å². The molecule has 172 valence electrons. The molecule has 0 unspecified atom stereocenters. The first kappa shape index (κ1) is 22.3. The van der Waals surface area contributed by atoms with Gasteiger partial charge in [-0.2, -0.15) is 0 Å². The van der Waals surface area contributed by atoms with Gasteiger partial charge in [0.1, 0.15) is 6.04 Å². The van der Waals surface area contributed by atoms with E-state index in [0.717, 1.165) is 43.9 Å². The fraction of sp³-hybridized carbons (Fsp3) is 0.214. The predicted molar refractivity (Wildman–Crippen MR) is 138 cm³/mol. The molecule has 1 aliphatic rings. The largest absolute Gasteiger partial charge is 0.350 e. The number of carbonyl (C=O) groups is 2. The van der Waals surface area contributed by atoms with Gasteiger partial charge in [0.25, 0.3) is 0 Å². The summed E-state index contributed by atoms with van der Waals surface area (Å²) >= 11 is 1.50. The highest BCUT2D eigenvalue weighted by Gasteiger charge is 2.39. The fourth-order valence-corrected chi connectivity index (χ4v) is 5.68. The molecule has 4 aromatic rings. The summed E-state index contributed by atoms with van der Waals surface area (Å²) in [6.07, 6.45) is 0. The molecule has 1 aromatic heterocycles. The van der Waals surface area contributed by atoms with Crippen molar-refractivity contribution in [2.24, 2.45) is 7.05 Å². The van der Waals surface area contributed by atoms with Gasteiger partial charge in [0, 0.05) is 35.7 Å². The van der Waals surface area contributed by atoms with Gasteiger partial charge < -0.3 is 9.88 Å². The average Bonchev–Trinajstić information content (AvgIpc) is 3.02. The molecular weight excluding hydrogens is 442 g/mol. The zero-order valence-electron chi connectivity index (χ0n) is 19.5. The lowest BCUT2D eigenvalue weighted by Gasteiger charge is -2.30. The summed E-state index contributed by atoms with van der Waals surface area (Å²) in [6, 6.07) is 23.1. The Balaban J connectivity index is 1.66. The normalized spacial score (nSPS) is 15.8. The number of nitrogens with zero attached hydrogens (tertiary/aromatic N) is 2. The lowest BCUT2D eigenvalue weighted by atomic mass is 10.0. The molecule has 1 atom stereocenters. The summed E-state index contributed by atoms with van der Waals surface area (Å²) in [5.74, 6) is 0.0101. The van der Waals surface area contributed by atoms with E-state index >= 15 is 0 Å². The van der Waals surface area contributed by atoms with Gasteiger partial charge in [-0.05, 0) is 48.7 Å². The van der Waals surface area contributed by atoms with E-state index in [1.165, 1.54) is 11.8 Å². The number of benzene rings is 3. The number of anilines is 1. The van der Waals surface area contributed by atoms with Gasteiger partial charge in [0.05, 0.1) is 10.8 Å². The van der Waals surface area contributed by atoms with Crippen LogP contribution in [0.2, 0.25) is 0 Å². The molecule has 0 radical (unpaired) electrons. The molecule has 2 heterocycles. The van der Waals surface area contributed by atoms with Crippen molar-refractivity contribution in [2.75, 3.05) is 10.7 Å². The SMILES string of the molecule is Cc1ccc(N2C(=O)CSc3c(c4ccccc4n3C)[C@H]2C(=O)NCc2ccccc2)cc1C. The lowest BCUT2D eigenvalue weighted by molar-refractivity contribution is -0.125. The van der Waals surface area contributed by atoms with Crippen LogP contribution in [0.3, 0.4) is 0 Å². The molecule has 1 N–H and O–H groups in total. The quantitative estimate of drug-likeness (QED) is 0.442. The molecule has 34 heavy (non-hydrogen) atoms. The molecule has 0 fully saturated rings. The smallest absolute Gasteiger partial charge is 0.248 e. The third-order valence-electron chi connectivity index (χ3n) is 6.55. The number of hydrogen-bond acceptors (Lipinski definition) is 3. The summed E-state index contributed by atoms with van der Waals surface area (Å²) in [5.41, 5.74) is 5.93. The zero-order chi connectivity index (χ0) is 23.8. The number of hydrogen-bond donors (Lipinski definition) is 1. The summed E-state index contributed by atoms with van der Waals surface area (Å²) < 4.78 is 2.10. The van der Waals surface area contributed by atoms with Crippen LogP contribution in [0.15, 0.2) is 77.8 Å². The van der Waals surface area contributed by atoms with Crippen LogP contribution in [0, 0.1) is 13.8 Å². The highest BCUT2D eigenvalue weighted by atomic mass is 32.2. The Hall–Kier alpha value is -3.51. The van der Waals surface area contributed by atoms with Crippen LogP contribution in [0.1, 0.15) is 28.3 Å². The maximum Gasteiger partial charge on any atom is 0.248 e. The van der Waals surface area contributed by atoms with Gasteiger partial charge in [0.15, 0.2) is 0 Å². The Bertz CT molecular complexity index is 1390. The van der Waals surface area contributed by atoms with E-state index in [0.29, 0.717) is 6.54 Å². The fourth-order valence-electron chi connectivity index (χ4n) is 4.61. The third kappa shape index (κ3) is 3.88. The van der Waals surface area contributed by atoms with Gasteiger partial charge in [-0.1, -0.05) is 66.4 Å². The van der Waals surface area contributed by atoms with Crippen LogP contribution in [0.4, 0.5) is 5.69 Å². The Morgan fingerprint density at radius 3 is 2.50 bits per heavy atom. The van der Waals surface area contributed by atoms with Crippen LogP contribution in [0.25, 0.3) is 10.9 Å². The molecule has 0 bridgehead atoms. The van der Waals surface area contributed by atoms with Crippen molar-refractivity contribution < 1.29 is 9.59 Å². The van der Waals surface area contributed by atoms with Crippen LogP contribution < -0.4 is 10.2 Å². The molecule has 0 saturated carbocycles. The van der Waals surface area contributed by atoms with E-state index in [4.69, 9.17) is 0 Å². The van der Waals surface area contributed by atoms with Crippen molar-refractivity contribution in [2.45, 2.75) is 31.5 Å². The second kappa shape index (κ2) is 9.03. The van der Waals surface area contributed by atoms with Gasteiger partial charge in [-0.25, -0.2) is 0 Å². The number of para-hydroxylation sites is 1. The molecule has 0 spiro atoms. The topological polar surface area (TPSA) is 54.3 Å². The maximum atomic E-state index is 13.9. The number of carbonyl (C=O) groups excluding carboxylic acids is 2. The van der Waals surface area contributed by atoms with Crippen molar-refractivity contribution in [3.8, 4) is 0 Å². The van der Waals surface area contributed by atoms with Crippen LogP contribution in [-0.4, -0.2) is 22.1 Å². The Morgan fingerprint density at radius 2 is 1.74 bits per heavy atom. The molecule has 0 aliphatic carbocycles. The van der Waals surface area contributed by atoms with E-state index in [1.54, 1.807) is 4.90 Å². The minimum Gasteiger partial charge on any atom is -0.350 e. The van der Waals surface area contributed by atoms with E-state index in [9.17, 15) is 9.59 Å². The van der Waals surface area contributed by atoms with Gasteiger partial charge in [-0.3, -0.25) is 14.5 Å². The number of rotatable bonds is 4. The van der Waals surface area contributed by atoms with Crippen LogP contribution >= 0.6 is 11.8 Å². The molecule has 3 aromatic carbocycles. The Labute approximate surface area is 203 Å². The lowest BCUT2D eigenvalue weighted by Crippen LogP contribution is -2.43. The first-order valence-electron chi connectivity index (χ1n) is 11.4. The highest BCUT2D eigenvalue weighted by Crippen LogP contribution is 2.43. The number of nitrogens with one attached hydrogen (secondary N) is 1. The average molecular weight is 470 g/mol. The molecular formula is C28H27N3O2S. The Morgan fingerprint density at radius 1 is 1.00 bits per heavy atom. The molecule has 5 rings (SSSR count). The third-order valence-corrected chi connectivity index (χ3v) is 7.71. The first-order chi connectivity index (χ1) is 16.5. The van der Waals surface area contributed by atoms with Crippen molar-refractivity contribution in [3.05, 3.63) is 95.1 Å². The minimum absolute atomic E-state index is 0.0756. The second-order valence-corrected chi connectivity index (χ2v) is 9.69. The number of thioether (sulfide) groups is 1. The monoisotopic (exact) mass is 469 g/mol. The van der Waals surface area contributed by atoms with Gasteiger partial charge in [-0.15, -0.1) is 0 Å². The van der Waals surface area contributed by atoms with Gasteiger partial charge in [0.2, 0.25) is 11.8 Å². The molecule has 1 aliphatic heterocycles. The van der Waals surface area contributed by atoms with Crippen molar-refractivity contribution in [3.63, 3.8) is 0 Å². The number of fused-ring (bicyclic) bond motifs is 3. The molecule has 5 nitrogen and oxygen atoms in total. The van der Waals surface area contributed by atoms with Crippen molar-refractivity contribution in [1.29, 1.82) is 0 Å². The van der Waals surface area contributed by atoms with Crippen molar-refractivity contribution in [1.82, 2.24) is 9.88 Å². The maximum absolute atomic E-state index is 13.9. The van der Waals surface area contributed by atoms with E-state index < -0.39 is 6.04 Å². The summed E-state index contributed by atoms with van der Waals surface area (Å²) in [6.45, 7) is 4.48. The van der Waals surface area contributed by atoms with Crippen LogP contribution in [0.5, 0.6) is 0 Å². The number of aromatic nitrogens is 1. The molecule has 0 saturated heterocycles. The molecule has 2 amide bonds. The molecule has 6 heteroatoms. The predicted octanol–water partition coefficient (Wildman–Crippen LogP) is 5.29. The summed E-state index contributed by atoms with van der Waals surface area (Å²) in [5, 5.41) is 5.06. The van der Waals surface area contributed by atoms with E-state index in [1.807, 2.05) is 87.6 Å². The minimum atomic E-state index is -0.769. The highest BCUT2D eigenvalue weighted by molar-refractivity contribution is 8.00. The van der Waals surface area contributed by atoms with Gasteiger partial charge >= 0.3 is 0 Å². The zero-order valence-corrected chi connectivity index (χ0v) is 20.4. The summed E-state index contributed by atoms with van der Waals surface area (Å²) in [7, 11) is 2.00. The first-order valence-corrected chi connectivity index (χ1v) is 12.4. The number of aryl methyl sites for hydroxylation is 3. The Kier molecular flexibility index (Phi) is 5.92. The van der Waals surface area contributed by atoms with E-state index in [-0.39, 0.29) is 17.6 Å². The summed E-state index contributed by atoms with van der Waals surface area (Å²) in [4.78, 5) is 29.1. The van der Waals surface area contributed by atoms with E-state index in [2.05, 4.69) is 16.0 Å².